The molecule has 106 valence electrons. The lowest BCUT2D eigenvalue weighted by Gasteiger charge is -2.12. The van der Waals surface area contributed by atoms with E-state index in [9.17, 15) is 4.79 Å². The molecule has 0 radical (unpaired) electrons. The first-order valence-electron chi connectivity index (χ1n) is 6.58. The van der Waals surface area contributed by atoms with Crippen LogP contribution >= 0.6 is 0 Å². The molecule has 2 rings (SSSR count). The number of carbonyl (C=O) groups is 1. The molecule has 0 aromatic carbocycles. The zero-order valence-electron chi connectivity index (χ0n) is 11.4. The average molecular weight is 267 g/mol. The van der Waals surface area contributed by atoms with E-state index in [1.165, 1.54) is 12.8 Å². The molecular formula is C12H21N5O2. The lowest BCUT2D eigenvalue weighted by molar-refractivity contribution is -0.122. The Bertz CT molecular complexity index is 416. The largest absolute Gasteiger partial charge is 0.383 e. The van der Waals surface area contributed by atoms with Crippen LogP contribution in [0.2, 0.25) is 0 Å². The fraction of sp³-hybridized carbons (Fsp3) is 0.750. The van der Waals surface area contributed by atoms with Crippen LogP contribution in [0.5, 0.6) is 0 Å². The van der Waals surface area contributed by atoms with Crippen molar-refractivity contribution in [2.75, 3.05) is 13.7 Å². The van der Waals surface area contributed by atoms with E-state index in [0.29, 0.717) is 19.2 Å². The summed E-state index contributed by atoms with van der Waals surface area (Å²) in [7, 11) is 1.61. The summed E-state index contributed by atoms with van der Waals surface area (Å²) in [6, 6.07) is 0.639. The monoisotopic (exact) mass is 267 g/mol. The quantitative estimate of drug-likeness (QED) is 0.675. The van der Waals surface area contributed by atoms with E-state index >= 15 is 0 Å². The molecule has 0 aliphatic heterocycles. The Morgan fingerprint density at radius 3 is 3.11 bits per heavy atom. The minimum Gasteiger partial charge on any atom is -0.383 e. The Labute approximate surface area is 112 Å². The van der Waals surface area contributed by atoms with Crippen LogP contribution in [0.3, 0.4) is 0 Å². The van der Waals surface area contributed by atoms with Crippen LogP contribution in [0, 0.1) is 0 Å². The zero-order chi connectivity index (χ0) is 13.7. The summed E-state index contributed by atoms with van der Waals surface area (Å²) in [5.74, 6) is -0.0869. The van der Waals surface area contributed by atoms with E-state index in [1.807, 2.05) is 6.92 Å². The van der Waals surface area contributed by atoms with Crippen molar-refractivity contribution < 1.29 is 9.53 Å². The molecule has 0 spiro atoms. The average Bonchev–Trinajstić information content (AvgIpc) is 3.08. The van der Waals surface area contributed by atoms with Gasteiger partial charge in [0, 0.05) is 25.7 Å². The van der Waals surface area contributed by atoms with Gasteiger partial charge in [0.1, 0.15) is 6.54 Å². The molecule has 7 nitrogen and oxygen atoms in total. The number of hydrogen-bond acceptors (Lipinski definition) is 5. The van der Waals surface area contributed by atoms with Crippen LogP contribution in [0.4, 0.5) is 0 Å². The zero-order valence-corrected chi connectivity index (χ0v) is 11.4. The number of nitrogens with zero attached hydrogens (tertiary/aromatic N) is 3. The molecule has 1 atom stereocenters. The number of methoxy groups -OCH3 is 1. The molecule has 1 amide bonds. The number of aromatic nitrogens is 3. The summed E-state index contributed by atoms with van der Waals surface area (Å²) in [6.07, 6.45) is 4.29. The second-order valence-corrected chi connectivity index (χ2v) is 4.99. The SMILES string of the molecule is COCC(C)NC(=O)Cn1cc(CNC2CC2)nn1. The Morgan fingerprint density at radius 1 is 1.63 bits per heavy atom. The predicted molar refractivity (Wildman–Crippen MR) is 69.4 cm³/mol. The van der Waals surface area contributed by atoms with E-state index in [0.717, 1.165) is 5.69 Å². The highest BCUT2D eigenvalue weighted by molar-refractivity contribution is 5.75. The van der Waals surface area contributed by atoms with Crippen LogP contribution in [-0.2, 0) is 22.6 Å². The van der Waals surface area contributed by atoms with Gasteiger partial charge < -0.3 is 15.4 Å². The third kappa shape index (κ3) is 4.96. The van der Waals surface area contributed by atoms with Gasteiger partial charge in [-0.25, -0.2) is 4.68 Å². The van der Waals surface area contributed by atoms with Gasteiger partial charge in [-0.2, -0.15) is 0 Å². The first-order valence-corrected chi connectivity index (χ1v) is 6.58. The van der Waals surface area contributed by atoms with E-state index in [-0.39, 0.29) is 18.5 Å². The van der Waals surface area contributed by atoms with E-state index in [2.05, 4.69) is 20.9 Å². The van der Waals surface area contributed by atoms with Crippen molar-refractivity contribution in [2.24, 2.45) is 0 Å². The van der Waals surface area contributed by atoms with Crippen molar-refractivity contribution in [3.05, 3.63) is 11.9 Å². The highest BCUT2D eigenvalue weighted by Crippen LogP contribution is 2.18. The highest BCUT2D eigenvalue weighted by Gasteiger charge is 2.20. The van der Waals surface area contributed by atoms with Gasteiger partial charge in [-0.3, -0.25) is 4.79 Å². The molecule has 19 heavy (non-hydrogen) atoms. The van der Waals surface area contributed by atoms with E-state index < -0.39 is 0 Å². The van der Waals surface area contributed by atoms with Gasteiger partial charge >= 0.3 is 0 Å². The molecule has 2 N–H and O–H groups in total. The summed E-state index contributed by atoms with van der Waals surface area (Å²) in [4.78, 5) is 11.7. The smallest absolute Gasteiger partial charge is 0.242 e. The molecule has 1 saturated carbocycles. The maximum absolute atomic E-state index is 11.7. The maximum Gasteiger partial charge on any atom is 0.242 e. The molecule has 1 unspecified atom stereocenters. The topological polar surface area (TPSA) is 81.1 Å². The molecule has 1 aromatic heterocycles. The van der Waals surface area contributed by atoms with Gasteiger partial charge in [0.25, 0.3) is 0 Å². The van der Waals surface area contributed by atoms with Crippen molar-refractivity contribution in [2.45, 2.75) is 44.9 Å². The van der Waals surface area contributed by atoms with Crippen molar-refractivity contribution in [1.29, 1.82) is 0 Å². The lowest BCUT2D eigenvalue weighted by Crippen LogP contribution is -2.37. The number of rotatable bonds is 8. The molecule has 1 aliphatic rings. The number of hydrogen-bond donors (Lipinski definition) is 2. The molecule has 1 heterocycles. The Balaban J connectivity index is 1.73. The fourth-order valence-electron chi connectivity index (χ4n) is 1.79. The van der Waals surface area contributed by atoms with Crippen LogP contribution < -0.4 is 10.6 Å². The Kier molecular flexibility index (Phi) is 4.86. The Hall–Kier alpha value is -1.47. The lowest BCUT2D eigenvalue weighted by atomic mass is 10.3. The van der Waals surface area contributed by atoms with Crippen molar-refractivity contribution in [3.8, 4) is 0 Å². The van der Waals surface area contributed by atoms with E-state index in [1.54, 1.807) is 18.0 Å². The standard InChI is InChI=1S/C12H21N5O2/c1-9(8-19-2)14-12(18)7-17-6-11(15-16-17)5-13-10-3-4-10/h6,9-10,13H,3-5,7-8H2,1-2H3,(H,14,18). The second-order valence-electron chi connectivity index (χ2n) is 4.99. The summed E-state index contributed by atoms with van der Waals surface area (Å²) in [5, 5.41) is 14.2. The fourth-order valence-corrected chi connectivity index (χ4v) is 1.79. The molecule has 1 aliphatic carbocycles. The molecule has 0 bridgehead atoms. The summed E-state index contributed by atoms with van der Waals surface area (Å²) in [6.45, 7) is 3.30. The first-order chi connectivity index (χ1) is 9.17. The number of amides is 1. The van der Waals surface area contributed by atoms with Gasteiger partial charge in [0.05, 0.1) is 18.5 Å². The van der Waals surface area contributed by atoms with Gasteiger partial charge in [-0.15, -0.1) is 5.10 Å². The van der Waals surface area contributed by atoms with Crippen LogP contribution in [0.25, 0.3) is 0 Å². The third-order valence-corrected chi connectivity index (χ3v) is 2.86. The maximum atomic E-state index is 11.7. The van der Waals surface area contributed by atoms with Crippen molar-refractivity contribution >= 4 is 5.91 Å². The van der Waals surface area contributed by atoms with Crippen molar-refractivity contribution in [1.82, 2.24) is 25.6 Å². The first kappa shape index (κ1) is 14.0. The number of carbonyl (C=O) groups excluding carboxylic acids is 1. The molecule has 0 saturated heterocycles. The minimum atomic E-state index is -0.0869. The van der Waals surface area contributed by atoms with Gasteiger partial charge in [0.15, 0.2) is 0 Å². The number of nitrogens with one attached hydrogen (secondary N) is 2. The van der Waals surface area contributed by atoms with Crippen molar-refractivity contribution in [3.63, 3.8) is 0 Å². The normalized spacial score (nSPS) is 16.3. The Morgan fingerprint density at radius 2 is 2.42 bits per heavy atom. The van der Waals surface area contributed by atoms with Gasteiger partial charge in [-0.1, -0.05) is 5.21 Å². The molecule has 1 fully saturated rings. The molecule has 1 aromatic rings. The van der Waals surface area contributed by atoms with Crippen LogP contribution in [-0.4, -0.2) is 46.7 Å². The van der Waals surface area contributed by atoms with Crippen LogP contribution in [0.15, 0.2) is 6.20 Å². The summed E-state index contributed by atoms with van der Waals surface area (Å²) in [5.41, 5.74) is 0.865. The predicted octanol–water partition coefficient (Wildman–Crippen LogP) is -0.319. The highest BCUT2D eigenvalue weighted by atomic mass is 16.5. The molecule has 7 heteroatoms. The van der Waals surface area contributed by atoms with E-state index in [4.69, 9.17) is 4.74 Å². The molecular weight excluding hydrogens is 246 g/mol. The van der Waals surface area contributed by atoms with Gasteiger partial charge in [-0.05, 0) is 19.8 Å². The minimum absolute atomic E-state index is 0.00275. The third-order valence-electron chi connectivity index (χ3n) is 2.86. The summed E-state index contributed by atoms with van der Waals surface area (Å²) >= 11 is 0. The number of ether oxygens (including phenoxy) is 1. The second kappa shape index (κ2) is 6.63. The summed E-state index contributed by atoms with van der Waals surface area (Å²) < 4.78 is 6.52. The van der Waals surface area contributed by atoms with Gasteiger partial charge in [0.2, 0.25) is 5.91 Å². The van der Waals surface area contributed by atoms with Crippen LogP contribution in [0.1, 0.15) is 25.5 Å².